The zero-order valence-corrected chi connectivity index (χ0v) is 14.3. The van der Waals surface area contributed by atoms with Crippen molar-refractivity contribution in [1.29, 1.82) is 0 Å². The Morgan fingerprint density at radius 3 is 2.73 bits per heavy atom. The summed E-state index contributed by atoms with van der Waals surface area (Å²) in [5.41, 5.74) is 2.53. The Morgan fingerprint density at radius 2 is 2.05 bits per heavy atom. The maximum Gasteiger partial charge on any atom is 0.142 e. The molecule has 0 atom stereocenters. The van der Waals surface area contributed by atoms with Gasteiger partial charge in [0, 0.05) is 32.7 Å². The molecular weight excluding hydrogens is 274 g/mol. The number of nitrogens with one attached hydrogen (secondary N) is 2. The Balaban J connectivity index is 1.99. The number of hydrogen-bond acceptors (Lipinski definition) is 4. The van der Waals surface area contributed by atoms with Crippen LogP contribution in [0, 0.1) is 5.92 Å². The second kappa shape index (κ2) is 9.01. The van der Waals surface area contributed by atoms with Gasteiger partial charge in [0.25, 0.3) is 0 Å². The topological polar surface area (TPSA) is 36.5 Å². The second-order valence-electron chi connectivity index (χ2n) is 6.33. The first-order valence-corrected chi connectivity index (χ1v) is 8.62. The average Bonchev–Trinajstić information content (AvgIpc) is 2.53. The van der Waals surface area contributed by atoms with Crippen LogP contribution in [0.2, 0.25) is 0 Å². The van der Waals surface area contributed by atoms with Crippen molar-refractivity contribution < 1.29 is 4.74 Å². The van der Waals surface area contributed by atoms with Gasteiger partial charge >= 0.3 is 0 Å². The molecule has 1 aliphatic heterocycles. The number of piperazine rings is 1. The van der Waals surface area contributed by atoms with Gasteiger partial charge in [0.1, 0.15) is 5.75 Å². The average molecular weight is 305 g/mol. The molecule has 2 N–H and O–H groups in total. The lowest BCUT2D eigenvalue weighted by atomic mass is 10.1. The van der Waals surface area contributed by atoms with Gasteiger partial charge in [-0.1, -0.05) is 19.9 Å². The van der Waals surface area contributed by atoms with Crippen molar-refractivity contribution in [2.24, 2.45) is 5.92 Å². The minimum absolute atomic E-state index is 0.712. The zero-order valence-electron chi connectivity index (χ0n) is 14.3. The summed E-state index contributed by atoms with van der Waals surface area (Å²) in [4.78, 5) is 2.41. The van der Waals surface area contributed by atoms with E-state index in [0.717, 1.165) is 50.9 Å². The number of hydrogen-bond donors (Lipinski definition) is 2. The molecule has 0 radical (unpaired) electrons. The molecule has 124 valence electrons. The van der Waals surface area contributed by atoms with Gasteiger partial charge in [-0.25, -0.2) is 0 Å². The molecule has 0 aromatic heterocycles. The van der Waals surface area contributed by atoms with Gasteiger partial charge in [0.2, 0.25) is 0 Å². The van der Waals surface area contributed by atoms with Crippen LogP contribution in [-0.4, -0.2) is 39.3 Å². The summed E-state index contributed by atoms with van der Waals surface area (Å²) in [7, 11) is 0. The molecule has 0 unspecified atom stereocenters. The van der Waals surface area contributed by atoms with Crippen LogP contribution in [0.15, 0.2) is 18.2 Å². The first-order valence-electron chi connectivity index (χ1n) is 8.62. The zero-order chi connectivity index (χ0) is 15.8. The third kappa shape index (κ3) is 5.18. The Hall–Kier alpha value is -1.26. The van der Waals surface area contributed by atoms with Crippen molar-refractivity contribution in [1.82, 2.24) is 10.6 Å². The van der Waals surface area contributed by atoms with E-state index in [2.05, 4.69) is 54.5 Å². The third-order valence-corrected chi connectivity index (χ3v) is 4.01. The summed E-state index contributed by atoms with van der Waals surface area (Å²) in [6, 6.07) is 6.64. The Kier molecular flexibility index (Phi) is 7.00. The van der Waals surface area contributed by atoms with Crippen molar-refractivity contribution in [2.75, 3.05) is 44.2 Å². The smallest absolute Gasteiger partial charge is 0.142 e. The molecule has 0 spiro atoms. The first-order chi connectivity index (χ1) is 10.7. The van der Waals surface area contributed by atoms with Crippen molar-refractivity contribution in [3.63, 3.8) is 0 Å². The molecule has 2 rings (SSSR count). The van der Waals surface area contributed by atoms with E-state index in [1.807, 2.05) is 0 Å². The molecule has 0 saturated carbocycles. The minimum atomic E-state index is 0.712. The maximum absolute atomic E-state index is 5.89. The van der Waals surface area contributed by atoms with E-state index < -0.39 is 0 Å². The van der Waals surface area contributed by atoms with E-state index in [0.29, 0.717) is 6.61 Å². The highest BCUT2D eigenvalue weighted by Gasteiger charge is 2.15. The lowest BCUT2D eigenvalue weighted by Gasteiger charge is -2.31. The number of anilines is 1. The highest BCUT2D eigenvalue weighted by molar-refractivity contribution is 5.60. The van der Waals surface area contributed by atoms with Crippen LogP contribution in [0.25, 0.3) is 0 Å². The van der Waals surface area contributed by atoms with Crippen LogP contribution in [0.4, 0.5) is 5.69 Å². The van der Waals surface area contributed by atoms with E-state index in [1.54, 1.807) is 0 Å². The molecule has 0 bridgehead atoms. The molecule has 0 amide bonds. The molecule has 4 nitrogen and oxygen atoms in total. The number of nitrogens with zero attached hydrogens (tertiary/aromatic N) is 1. The Labute approximate surface area is 135 Å². The van der Waals surface area contributed by atoms with Gasteiger partial charge in [-0.2, -0.15) is 0 Å². The fourth-order valence-corrected chi connectivity index (χ4v) is 2.73. The van der Waals surface area contributed by atoms with Crippen LogP contribution in [0.1, 0.15) is 32.8 Å². The number of ether oxygens (including phenoxy) is 1. The van der Waals surface area contributed by atoms with E-state index in [9.17, 15) is 0 Å². The standard InChI is InChI=1S/C18H31N3O/c1-4-22-18-13-16(14-20-8-7-15(2)3)5-6-17(18)21-11-9-19-10-12-21/h5-6,13,15,19-20H,4,7-12,14H2,1-3H3. The van der Waals surface area contributed by atoms with Gasteiger partial charge in [0.05, 0.1) is 12.3 Å². The fraction of sp³-hybridized carbons (Fsp3) is 0.667. The lowest BCUT2D eigenvalue weighted by Crippen LogP contribution is -2.43. The number of benzene rings is 1. The van der Waals surface area contributed by atoms with Gasteiger partial charge in [-0.15, -0.1) is 0 Å². The molecule has 1 aromatic rings. The summed E-state index contributed by atoms with van der Waals surface area (Å²) < 4.78 is 5.89. The van der Waals surface area contributed by atoms with E-state index in [-0.39, 0.29) is 0 Å². The largest absolute Gasteiger partial charge is 0.492 e. The van der Waals surface area contributed by atoms with Crippen molar-refractivity contribution in [2.45, 2.75) is 33.7 Å². The molecule has 1 aliphatic rings. The second-order valence-corrected chi connectivity index (χ2v) is 6.33. The van der Waals surface area contributed by atoms with E-state index in [1.165, 1.54) is 17.7 Å². The van der Waals surface area contributed by atoms with Crippen molar-refractivity contribution in [3.05, 3.63) is 23.8 Å². The summed E-state index contributed by atoms with van der Waals surface area (Å²) in [5, 5.41) is 6.92. The van der Waals surface area contributed by atoms with E-state index >= 15 is 0 Å². The molecule has 0 aliphatic carbocycles. The van der Waals surface area contributed by atoms with Gasteiger partial charge in [-0.05, 0) is 43.5 Å². The number of rotatable bonds is 8. The molecular formula is C18H31N3O. The monoisotopic (exact) mass is 305 g/mol. The summed E-state index contributed by atoms with van der Waals surface area (Å²) in [6.07, 6.45) is 1.22. The highest BCUT2D eigenvalue weighted by Crippen LogP contribution is 2.30. The molecule has 22 heavy (non-hydrogen) atoms. The third-order valence-electron chi connectivity index (χ3n) is 4.01. The molecule has 1 aromatic carbocycles. The van der Waals surface area contributed by atoms with Crippen LogP contribution in [0.3, 0.4) is 0 Å². The van der Waals surface area contributed by atoms with Crippen molar-refractivity contribution in [3.8, 4) is 5.75 Å². The first kappa shape index (κ1) is 17.1. The van der Waals surface area contributed by atoms with Crippen LogP contribution in [0.5, 0.6) is 5.75 Å². The SMILES string of the molecule is CCOc1cc(CNCCC(C)C)ccc1N1CCNCC1. The van der Waals surface area contributed by atoms with Gasteiger partial charge in [-0.3, -0.25) is 0 Å². The quantitative estimate of drug-likeness (QED) is 0.724. The van der Waals surface area contributed by atoms with Crippen molar-refractivity contribution >= 4 is 5.69 Å². The maximum atomic E-state index is 5.89. The normalized spacial score (nSPS) is 15.4. The van der Waals surface area contributed by atoms with E-state index in [4.69, 9.17) is 4.74 Å². The molecule has 1 saturated heterocycles. The summed E-state index contributed by atoms with van der Waals surface area (Å²) in [5.74, 6) is 1.77. The fourth-order valence-electron chi connectivity index (χ4n) is 2.73. The minimum Gasteiger partial charge on any atom is -0.492 e. The Morgan fingerprint density at radius 1 is 1.27 bits per heavy atom. The highest BCUT2D eigenvalue weighted by atomic mass is 16.5. The summed E-state index contributed by atoms with van der Waals surface area (Å²) >= 11 is 0. The van der Waals surface area contributed by atoms with Crippen LogP contribution in [-0.2, 0) is 6.54 Å². The lowest BCUT2D eigenvalue weighted by molar-refractivity contribution is 0.339. The van der Waals surface area contributed by atoms with Crippen LogP contribution >= 0.6 is 0 Å². The van der Waals surface area contributed by atoms with Gasteiger partial charge < -0.3 is 20.3 Å². The molecule has 4 heteroatoms. The summed E-state index contributed by atoms with van der Waals surface area (Å²) in [6.45, 7) is 13.5. The molecule has 1 heterocycles. The predicted octanol–water partition coefficient (Wildman–Crippen LogP) is 2.63. The molecule has 1 fully saturated rings. The van der Waals surface area contributed by atoms with Crippen LogP contribution < -0.4 is 20.3 Å². The Bertz CT molecular complexity index is 442. The predicted molar refractivity (Wildman–Crippen MR) is 93.9 cm³/mol. The van der Waals surface area contributed by atoms with Gasteiger partial charge in [0.15, 0.2) is 0 Å².